The van der Waals surface area contributed by atoms with Crippen LogP contribution < -0.4 is 10.0 Å². The maximum absolute atomic E-state index is 13.0. The van der Waals surface area contributed by atoms with E-state index in [0.717, 1.165) is 16.9 Å². The van der Waals surface area contributed by atoms with Crippen molar-refractivity contribution in [3.8, 4) is 0 Å². The van der Waals surface area contributed by atoms with Gasteiger partial charge in [-0.05, 0) is 42.5 Å². The van der Waals surface area contributed by atoms with Crippen molar-refractivity contribution in [3.05, 3.63) is 53.2 Å². The second-order valence-electron chi connectivity index (χ2n) is 4.95. The van der Waals surface area contributed by atoms with Gasteiger partial charge in [0.1, 0.15) is 10.0 Å². The molecule has 23 heavy (non-hydrogen) atoms. The number of hydrogen-bond acceptors (Lipinski definition) is 4. The third-order valence-corrected chi connectivity index (χ3v) is 6.03. The highest BCUT2D eigenvalue weighted by molar-refractivity contribution is 7.91. The van der Waals surface area contributed by atoms with Crippen molar-refractivity contribution in [3.63, 3.8) is 0 Å². The van der Waals surface area contributed by atoms with Gasteiger partial charge in [-0.1, -0.05) is 18.2 Å². The van der Waals surface area contributed by atoms with Crippen LogP contribution in [0.1, 0.15) is 12.5 Å². The van der Waals surface area contributed by atoms with Crippen LogP contribution in [-0.2, 0) is 21.2 Å². The molecule has 0 aliphatic rings. The minimum Gasteiger partial charge on any atom is -0.354 e. The monoisotopic (exact) mass is 356 g/mol. The molecule has 1 heterocycles. The summed E-state index contributed by atoms with van der Waals surface area (Å²) in [6.07, 6.45) is 0.466. The molecule has 2 rings (SSSR count). The highest BCUT2D eigenvalue weighted by atomic mass is 32.2. The Kier molecular flexibility index (Phi) is 5.86. The van der Waals surface area contributed by atoms with Crippen molar-refractivity contribution in [2.45, 2.75) is 23.6 Å². The van der Waals surface area contributed by atoms with Crippen molar-refractivity contribution in [1.29, 1.82) is 0 Å². The lowest BCUT2D eigenvalue weighted by molar-refractivity contribution is -0.122. The van der Waals surface area contributed by atoms with Crippen LogP contribution in [-0.4, -0.2) is 26.9 Å². The molecule has 124 valence electrons. The summed E-state index contributed by atoms with van der Waals surface area (Å²) in [4.78, 5) is 11.9. The SMILES string of the molecule is CC(NS(=O)(=O)c1cccs1)C(=O)NCCc1cccc(F)c1. The summed E-state index contributed by atoms with van der Waals surface area (Å²) in [7, 11) is -3.69. The minimum absolute atomic E-state index is 0.164. The topological polar surface area (TPSA) is 75.3 Å². The molecule has 0 fully saturated rings. The molecular formula is C15H17FN2O3S2. The smallest absolute Gasteiger partial charge is 0.250 e. The number of nitrogens with one attached hydrogen (secondary N) is 2. The van der Waals surface area contributed by atoms with E-state index >= 15 is 0 Å². The molecule has 1 aromatic carbocycles. The molecule has 2 N–H and O–H groups in total. The molecule has 1 amide bonds. The molecule has 8 heteroatoms. The van der Waals surface area contributed by atoms with Crippen molar-refractivity contribution < 1.29 is 17.6 Å². The third-order valence-electron chi connectivity index (χ3n) is 3.09. The zero-order chi connectivity index (χ0) is 16.9. The molecule has 1 unspecified atom stereocenters. The van der Waals surface area contributed by atoms with Gasteiger partial charge in [-0.15, -0.1) is 11.3 Å². The highest BCUT2D eigenvalue weighted by Gasteiger charge is 2.22. The molecule has 0 saturated carbocycles. The predicted molar refractivity (Wildman–Crippen MR) is 87.2 cm³/mol. The van der Waals surface area contributed by atoms with Gasteiger partial charge in [0, 0.05) is 6.54 Å². The summed E-state index contributed by atoms with van der Waals surface area (Å²) in [6, 6.07) is 8.32. The lowest BCUT2D eigenvalue weighted by atomic mass is 10.1. The maximum atomic E-state index is 13.0. The highest BCUT2D eigenvalue weighted by Crippen LogP contribution is 2.15. The number of carbonyl (C=O) groups is 1. The van der Waals surface area contributed by atoms with Gasteiger partial charge in [-0.3, -0.25) is 4.79 Å². The molecule has 0 saturated heterocycles. The lowest BCUT2D eigenvalue weighted by Gasteiger charge is -2.13. The number of thiophene rings is 1. The number of carbonyl (C=O) groups excluding carboxylic acids is 1. The Hall–Kier alpha value is -1.77. The van der Waals surface area contributed by atoms with E-state index in [1.807, 2.05) is 0 Å². The van der Waals surface area contributed by atoms with Crippen LogP contribution in [0, 0.1) is 5.82 Å². The zero-order valence-corrected chi connectivity index (χ0v) is 14.1. The molecule has 0 spiro atoms. The Morgan fingerprint density at radius 1 is 1.30 bits per heavy atom. The lowest BCUT2D eigenvalue weighted by Crippen LogP contribution is -2.45. The number of amides is 1. The number of hydrogen-bond donors (Lipinski definition) is 2. The maximum Gasteiger partial charge on any atom is 0.250 e. The average molecular weight is 356 g/mol. The van der Waals surface area contributed by atoms with Crippen LogP contribution in [0.5, 0.6) is 0 Å². The molecule has 0 bridgehead atoms. The van der Waals surface area contributed by atoms with E-state index in [1.165, 1.54) is 25.1 Å². The van der Waals surface area contributed by atoms with Gasteiger partial charge in [0.2, 0.25) is 5.91 Å². The number of halogens is 1. The van der Waals surface area contributed by atoms with E-state index in [2.05, 4.69) is 10.0 Å². The Morgan fingerprint density at radius 2 is 2.09 bits per heavy atom. The van der Waals surface area contributed by atoms with Gasteiger partial charge in [-0.2, -0.15) is 4.72 Å². The van der Waals surface area contributed by atoms with E-state index in [-0.39, 0.29) is 10.0 Å². The van der Waals surface area contributed by atoms with Crippen LogP contribution in [0.3, 0.4) is 0 Å². The first-order valence-corrected chi connectivity index (χ1v) is 9.33. The summed E-state index contributed by atoms with van der Waals surface area (Å²) in [5, 5.41) is 4.28. The van der Waals surface area contributed by atoms with Gasteiger partial charge >= 0.3 is 0 Å². The Labute approximate surface area is 138 Å². The second kappa shape index (κ2) is 7.67. The van der Waals surface area contributed by atoms with E-state index in [4.69, 9.17) is 0 Å². The molecule has 2 aromatic rings. The standard InChI is InChI=1S/C15H17FN2O3S2/c1-11(18-23(20,21)14-6-3-9-22-14)15(19)17-8-7-12-4-2-5-13(16)10-12/h2-6,9-11,18H,7-8H2,1H3,(H,17,19). The van der Waals surface area contributed by atoms with Crippen LogP contribution in [0.2, 0.25) is 0 Å². The van der Waals surface area contributed by atoms with Crippen molar-refractivity contribution in [2.75, 3.05) is 6.54 Å². The predicted octanol–water partition coefficient (Wildman–Crippen LogP) is 1.91. The summed E-state index contributed by atoms with van der Waals surface area (Å²) in [5.74, 6) is -0.757. The minimum atomic E-state index is -3.69. The molecule has 5 nitrogen and oxygen atoms in total. The third kappa shape index (κ3) is 5.12. The normalized spacial score (nSPS) is 12.8. The first-order valence-electron chi connectivity index (χ1n) is 6.96. The average Bonchev–Trinajstić information content (AvgIpc) is 3.02. The van der Waals surface area contributed by atoms with Crippen molar-refractivity contribution >= 4 is 27.3 Å². The number of benzene rings is 1. The van der Waals surface area contributed by atoms with Crippen LogP contribution >= 0.6 is 11.3 Å². The largest absolute Gasteiger partial charge is 0.354 e. The van der Waals surface area contributed by atoms with Crippen LogP contribution in [0.25, 0.3) is 0 Å². The Morgan fingerprint density at radius 3 is 2.74 bits per heavy atom. The van der Waals surface area contributed by atoms with Crippen LogP contribution in [0.15, 0.2) is 46.0 Å². The van der Waals surface area contributed by atoms with Gasteiger partial charge in [-0.25, -0.2) is 12.8 Å². The first-order chi connectivity index (χ1) is 10.9. The fourth-order valence-electron chi connectivity index (χ4n) is 1.94. The van der Waals surface area contributed by atoms with E-state index < -0.39 is 22.0 Å². The van der Waals surface area contributed by atoms with Crippen LogP contribution in [0.4, 0.5) is 4.39 Å². The van der Waals surface area contributed by atoms with E-state index in [0.29, 0.717) is 13.0 Å². The summed E-state index contributed by atoms with van der Waals surface area (Å²) in [5.41, 5.74) is 0.761. The molecule has 0 aliphatic heterocycles. The van der Waals surface area contributed by atoms with Crippen molar-refractivity contribution in [1.82, 2.24) is 10.0 Å². The Bertz CT molecular complexity index is 761. The quantitative estimate of drug-likeness (QED) is 0.796. The fraction of sp³-hybridized carbons (Fsp3) is 0.267. The first kappa shape index (κ1) is 17.6. The molecule has 0 radical (unpaired) electrons. The number of sulfonamides is 1. The van der Waals surface area contributed by atoms with Gasteiger partial charge in [0.15, 0.2) is 0 Å². The fourth-order valence-corrected chi connectivity index (χ4v) is 4.15. The molecule has 1 atom stereocenters. The second-order valence-corrected chi connectivity index (χ2v) is 7.83. The van der Waals surface area contributed by atoms with Gasteiger partial charge in [0.05, 0.1) is 6.04 Å². The molecular weight excluding hydrogens is 339 g/mol. The van der Waals surface area contributed by atoms with Gasteiger partial charge in [0.25, 0.3) is 10.0 Å². The summed E-state index contributed by atoms with van der Waals surface area (Å²) >= 11 is 1.08. The summed E-state index contributed by atoms with van der Waals surface area (Å²) < 4.78 is 39.6. The van der Waals surface area contributed by atoms with E-state index in [1.54, 1.807) is 23.6 Å². The molecule has 0 aliphatic carbocycles. The van der Waals surface area contributed by atoms with Crippen molar-refractivity contribution in [2.24, 2.45) is 0 Å². The Balaban J connectivity index is 1.83. The van der Waals surface area contributed by atoms with E-state index in [9.17, 15) is 17.6 Å². The zero-order valence-electron chi connectivity index (χ0n) is 12.5. The van der Waals surface area contributed by atoms with Gasteiger partial charge < -0.3 is 5.32 Å². The number of rotatable bonds is 7. The summed E-state index contributed by atoms with van der Waals surface area (Å²) in [6.45, 7) is 1.77. The molecule has 1 aromatic heterocycles.